The standard InChI is InChI=1S/C4H12OSi.C3H10Si.2CH4/c1-5-6(2,3)4;1-4(2)3;;/h1-4H3;4H,1-3H3;2*1H4. The molecule has 0 aliphatic carbocycles. The molecule has 0 fully saturated rings. The molecule has 0 aliphatic heterocycles. The normalized spacial score (nSPS) is 9.00. The number of rotatable bonds is 1. The van der Waals surface area contributed by atoms with Gasteiger partial charge in [-0.3, -0.25) is 0 Å². The van der Waals surface area contributed by atoms with Crippen LogP contribution in [0.4, 0.5) is 0 Å². The fourth-order valence-electron chi connectivity index (χ4n) is 0. The highest BCUT2D eigenvalue weighted by atomic mass is 28.4. The molecule has 1 nitrogen and oxygen atoms in total. The Morgan fingerprint density at radius 1 is 0.917 bits per heavy atom. The lowest BCUT2D eigenvalue weighted by atomic mass is 11.8. The van der Waals surface area contributed by atoms with E-state index in [9.17, 15) is 0 Å². The second-order valence-corrected chi connectivity index (χ2v) is 12.1. The second-order valence-electron chi connectivity index (χ2n) is 4.05. The zero-order valence-corrected chi connectivity index (χ0v) is 10.6. The van der Waals surface area contributed by atoms with Crippen molar-refractivity contribution in [1.82, 2.24) is 0 Å². The summed E-state index contributed by atoms with van der Waals surface area (Å²) in [6.07, 6.45) is 0. The maximum Gasteiger partial charge on any atom is 0.183 e. The first-order chi connectivity index (χ1) is 4.29. The minimum Gasteiger partial charge on any atom is -0.421 e. The molecule has 0 heterocycles. The zero-order valence-electron chi connectivity index (χ0n) is 8.49. The Morgan fingerprint density at radius 2 is 1.00 bits per heavy atom. The molecule has 0 N–H and O–H groups in total. The average molecular weight is 211 g/mol. The molecule has 3 heteroatoms. The summed E-state index contributed by atoms with van der Waals surface area (Å²) in [7, 11) is 0.500. The highest BCUT2D eigenvalue weighted by Gasteiger charge is 2.09. The Kier molecular flexibility index (Phi) is 21.7. The fourth-order valence-corrected chi connectivity index (χ4v) is 0. The molecule has 0 unspecified atom stereocenters. The summed E-state index contributed by atoms with van der Waals surface area (Å²) in [5.74, 6) is 0. The predicted molar refractivity (Wildman–Crippen MR) is 68.6 cm³/mol. The van der Waals surface area contributed by atoms with Crippen molar-refractivity contribution in [3.05, 3.63) is 0 Å². The van der Waals surface area contributed by atoms with Gasteiger partial charge in [0.05, 0.1) is 0 Å². The molecule has 0 spiro atoms. The molecule has 0 aromatic carbocycles. The van der Waals surface area contributed by atoms with Crippen molar-refractivity contribution in [3.8, 4) is 0 Å². The van der Waals surface area contributed by atoms with Gasteiger partial charge in [0.1, 0.15) is 0 Å². The Morgan fingerprint density at radius 3 is 1.00 bits per heavy atom. The average Bonchev–Trinajstić information content (AvgIpc) is 1.63. The van der Waals surface area contributed by atoms with E-state index in [4.69, 9.17) is 4.43 Å². The Balaban J connectivity index is -0.0000000483. The highest BCUT2D eigenvalue weighted by Crippen LogP contribution is 1.97. The number of hydrogen-bond donors (Lipinski definition) is 0. The summed E-state index contributed by atoms with van der Waals surface area (Å²) in [5, 5.41) is 0. The SMILES string of the molecule is C.C.CO[Si](C)(C)C.C[SiH](C)C. The van der Waals surface area contributed by atoms with Crippen LogP contribution in [0.25, 0.3) is 0 Å². The van der Waals surface area contributed by atoms with Crippen LogP contribution in [0.1, 0.15) is 14.9 Å². The van der Waals surface area contributed by atoms with Crippen molar-refractivity contribution in [2.45, 2.75) is 54.1 Å². The van der Waals surface area contributed by atoms with Gasteiger partial charge in [-0.25, -0.2) is 0 Å². The van der Waals surface area contributed by atoms with Gasteiger partial charge >= 0.3 is 0 Å². The lowest BCUT2D eigenvalue weighted by molar-refractivity contribution is 0.411. The Bertz CT molecular complexity index is 64.7. The molecule has 0 aromatic rings. The van der Waals surface area contributed by atoms with E-state index in [0.717, 1.165) is 0 Å². The van der Waals surface area contributed by atoms with E-state index in [0.29, 0.717) is 0 Å². The highest BCUT2D eigenvalue weighted by molar-refractivity contribution is 6.69. The smallest absolute Gasteiger partial charge is 0.183 e. The molecule has 0 aliphatic rings. The van der Waals surface area contributed by atoms with Crippen LogP contribution >= 0.6 is 0 Å². The molecule has 0 atom stereocenters. The van der Waals surface area contributed by atoms with Crippen LogP contribution in [0.2, 0.25) is 39.3 Å². The lowest BCUT2D eigenvalue weighted by Crippen LogP contribution is -2.22. The van der Waals surface area contributed by atoms with Gasteiger partial charge in [-0.1, -0.05) is 34.5 Å². The van der Waals surface area contributed by atoms with Crippen molar-refractivity contribution in [2.75, 3.05) is 7.11 Å². The molecule has 0 saturated heterocycles. The van der Waals surface area contributed by atoms with Crippen LogP contribution in [-0.4, -0.2) is 24.2 Å². The van der Waals surface area contributed by atoms with Crippen molar-refractivity contribution < 1.29 is 4.43 Å². The van der Waals surface area contributed by atoms with Crippen molar-refractivity contribution >= 4 is 17.1 Å². The molecule has 0 amide bonds. The third-order valence-corrected chi connectivity index (χ3v) is 1.84. The largest absolute Gasteiger partial charge is 0.421 e. The Hall–Kier alpha value is 0.394. The summed E-state index contributed by atoms with van der Waals surface area (Å²) in [4.78, 5) is 0. The quantitative estimate of drug-likeness (QED) is 0.598. The minimum absolute atomic E-state index is 0. The van der Waals surface area contributed by atoms with E-state index in [2.05, 4.69) is 39.3 Å². The summed E-state index contributed by atoms with van der Waals surface area (Å²) in [5.41, 5.74) is 0. The van der Waals surface area contributed by atoms with Gasteiger partial charge in [0.15, 0.2) is 8.32 Å². The first kappa shape index (κ1) is 22.8. The molecular formula is C9H30OSi2. The maximum atomic E-state index is 5.08. The van der Waals surface area contributed by atoms with E-state index >= 15 is 0 Å². The topological polar surface area (TPSA) is 9.23 Å². The lowest BCUT2D eigenvalue weighted by Gasteiger charge is -2.10. The number of hydrogen-bond acceptors (Lipinski definition) is 1. The third-order valence-electron chi connectivity index (χ3n) is 0.612. The predicted octanol–water partition coefficient (Wildman–Crippen LogP) is 3.84. The Labute approximate surface area is 83.3 Å². The fraction of sp³-hybridized carbons (Fsp3) is 1.00. The van der Waals surface area contributed by atoms with E-state index in [1.54, 1.807) is 7.11 Å². The van der Waals surface area contributed by atoms with Crippen molar-refractivity contribution in [2.24, 2.45) is 0 Å². The monoisotopic (exact) mass is 210 g/mol. The van der Waals surface area contributed by atoms with Crippen LogP contribution in [0.3, 0.4) is 0 Å². The van der Waals surface area contributed by atoms with Gasteiger partial charge in [-0.2, -0.15) is 0 Å². The van der Waals surface area contributed by atoms with Crippen LogP contribution in [0.5, 0.6) is 0 Å². The molecule has 0 rings (SSSR count). The second kappa shape index (κ2) is 11.4. The van der Waals surface area contributed by atoms with Crippen LogP contribution in [-0.2, 0) is 4.43 Å². The minimum atomic E-state index is -1.13. The van der Waals surface area contributed by atoms with Crippen LogP contribution < -0.4 is 0 Å². The van der Waals surface area contributed by atoms with Gasteiger partial charge < -0.3 is 4.43 Å². The van der Waals surface area contributed by atoms with Crippen LogP contribution in [0, 0.1) is 0 Å². The first-order valence-electron chi connectivity index (χ1n) is 3.84. The van der Waals surface area contributed by atoms with Gasteiger partial charge in [0, 0.05) is 15.9 Å². The summed E-state index contributed by atoms with van der Waals surface area (Å²) < 4.78 is 5.08. The van der Waals surface area contributed by atoms with E-state index < -0.39 is 8.32 Å². The van der Waals surface area contributed by atoms with E-state index in [1.165, 1.54) is 0 Å². The van der Waals surface area contributed by atoms with E-state index in [1.807, 2.05) is 0 Å². The molecule has 0 aromatic heterocycles. The van der Waals surface area contributed by atoms with E-state index in [-0.39, 0.29) is 23.7 Å². The molecule has 80 valence electrons. The molecule has 12 heavy (non-hydrogen) atoms. The molecule has 0 bridgehead atoms. The van der Waals surface area contributed by atoms with Gasteiger partial charge in [0.2, 0.25) is 0 Å². The van der Waals surface area contributed by atoms with Gasteiger partial charge in [-0.05, 0) is 19.6 Å². The first-order valence-corrected chi connectivity index (χ1v) is 10.7. The van der Waals surface area contributed by atoms with Crippen molar-refractivity contribution in [1.29, 1.82) is 0 Å². The zero-order chi connectivity index (χ0) is 8.78. The molecular weight excluding hydrogens is 180 g/mol. The maximum absolute atomic E-state index is 5.08. The third kappa shape index (κ3) is 79.6. The summed E-state index contributed by atoms with van der Waals surface area (Å²) in [6.45, 7) is 13.4. The van der Waals surface area contributed by atoms with Gasteiger partial charge in [-0.15, -0.1) is 0 Å². The van der Waals surface area contributed by atoms with Crippen molar-refractivity contribution in [3.63, 3.8) is 0 Å². The van der Waals surface area contributed by atoms with Crippen LogP contribution in [0.15, 0.2) is 0 Å². The summed E-state index contributed by atoms with van der Waals surface area (Å²) in [6, 6.07) is 0. The van der Waals surface area contributed by atoms with Gasteiger partial charge in [0.25, 0.3) is 0 Å². The summed E-state index contributed by atoms with van der Waals surface area (Å²) >= 11 is 0. The molecule has 0 saturated carbocycles. The molecule has 0 radical (unpaired) electrons.